The molecule has 0 aliphatic carbocycles. The van der Waals surface area contributed by atoms with E-state index in [1.54, 1.807) is 4.68 Å². The number of nitro groups is 1. The van der Waals surface area contributed by atoms with Gasteiger partial charge in [-0.25, -0.2) is 9.67 Å². The molecule has 2 heterocycles. The fourth-order valence-electron chi connectivity index (χ4n) is 1.46. The highest BCUT2D eigenvalue weighted by Gasteiger charge is 2.19. The molecular weight excluding hydrogens is 232 g/mol. The van der Waals surface area contributed by atoms with Crippen LogP contribution >= 0.6 is 11.6 Å². The highest BCUT2D eigenvalue weighted by Crippen LogP contribution is 2.31. The molecule has 0 aliphatic rings. The van der Waals surface area contributed by atoms with Crippen molar-refractivity contribution in [3.05, 3.63) is 27.5 Å². The summed E-state index contributed by atoms with van der Waals surface area (Å²) in [6.45, 7) is 3.90. The van der Waals surface area contributed by atoms with Crippen LogP contribution in [0.3, 0.4) is 0 Å². The highest BCUT2D eigenvalue weighted by molar-refractivity contribution is 6.37. The Morgan fingerprint density at radius 2 is 2.19 bits per heavy atom. The summed E-state index contributed by atoms with van der Waals surface area (Å²) in [7, 11) is 0. The van der Waals surface area contributed by atoms with E-state index in [1.165, 1.54) is 6.20 Å². The van der Waals surface area contributed by atoms with Crippen LogP contribution in [0.4, 0.5) is 5.69 Å². The Hall–Kier alpha value is -1.69. The van der Waals surface area contributed by atoms with Crippen LogP contribution in [0.2, 0.25) is 5.02 Å². The van der Waals surface area contributed by atoms with Crippen LogP contribution in [0.1, 0.15) is 19.9 Å². The van der Waals surface area contributed by atoms with E-state index in [-0.39, 0.29) is 16.8 Å². The third-order valence-electron chi connectivity index (χ3n) is 2.23. The van der Waals surface area contributed by atoms with E-state index in [0.717, 1.165) is 6.20 Å². The standard InChI is InChI=1S/C9H9ClN4O2/c1-5(2)13-9-6(3-12-13)8(10)7(4-11-9)14(15)16/h3-5H,1-2H3. The summed E-state index contributed by atoms with van der Waals surface area (Å²) in [4.78, 5) is 14.1. The van der Waals surface area contributed by atoms with Crippen LogP contribution in [0.25, 0.3) is 11.0 Å². The van der Waals surface area contributed by atoms with Gasteiger partial charge in [-0.1, -0.05) is 11.6 Å². The first-order chi connectivity index (χ1) is 7.52. The monoisotopic (exact) mass is 240 g/mol. The van der Waals surface area contributed by atoms with Crippen LogP contribution in [0, 0.1) is 10.1 Å². The molecule has 7 heteroatoms. The van der Waals surface area contributed by atoms with Crippen LogP contribution in [-0.2, 0) is 0 Å². The van der Waals surface area contributed by atoms with Gasteiger partial charge in [0.25, 0.3) is 0 Å². The molecule has 0 saturated carbocycles. The van der Waals surface area contributed by atoms with Gasteiger partial charge >= 0.3 is 5.69 Å². The second-order valence-electron chi connectivity index (χ2n) is 3.63. The normalized spacial score (nSPS) is 11.2. The molecule has 0 spiro atoms. The van der Waals surface area contributed by atoms with E-state index in [4.69, 9.17) is 11.6 Å². The van der Waals surface area contributed by atoms with Gasteiger partial charge in [-0.15, -0.1) is 0 Å². The van der Waals surface area contributed by atoms with Gasteiger partial charge in [-0.2, -0.15) is 5.10 Å². The molecule has 0 aliphatic heterocycles. The molecule has 0 aromatic carbocycles. The lowest BCUT2D eigenvalue weighted by molar-refractivity contribution is -0.384. The Labute approximate surface area is 96.0 Å². The number of hydrogen-bond acceptors (Lipinski definition) is 4. The van der Waals surface area contributed by atoms with Crippen molar-refractivity contribution in [2.24, 2.45) is 0 Å². The molecule has 2 rings (SSSR count). The molecule has 0 unspecified atom stereocenters. The fraction of sp³-hybridized carbons (Fsp3) is 0.333. The van der Waals surface area contributed by atoms with Crippen LogP contribution in [0.15, 0.2) is 12.4 Å². The average molecular weight is 241 g/mol. The first kappa shape index (κ1) is 10.8. The summed E-state index contributed by atoms with van der Waals surface area (Å²) >= 11 is 5.92. The lowest BCUT2D eigenvalue weighted by Gasteiger charge is -2.05. The van der Waals surface area contributed by atoms with E-state index in [2.05, 4.69) is 10.1 Å². The number of fused-ring (bicyclic) bond motifs is 1. The zero-order valence-electron chi connectivity index (χ0n) is 8.72. The fourth-order valence-corrected chi connectivity index (χ4v) is 1.71. The van der Waals surface area contributed by atoms with Crippen molar-refractivity contribution in [2.45, 2.75) is 19.9 Å². The largest absolute Gasteiger partial charge is 0.306 e. The smallest absolute Gasteiger partial charge is 0.258 e. The van der Waals surface area contributed by atoms with Gasteiger partial charge in [0.05, 0.1) is 16.5 Å². The van der Waals surface area contributed by atoms with Crippen molar-refractivity contribution in [1.29, 1.82) is 0 Å². The number of rotatable bonds is 2. The second kappa shape index (κ2) is 3.71. The van der Waals surface area contributed by atoms with Crippen molar-refractivity contribution in [3.63, 3.8) is 0 Å². The van der Waals surface area contributed by atoms with Crippen molar-refractivity contribution < 1.29 is 4.92 Å². The Morgan fingerprint density at radius 3 is 2.75 bits per heavy atom. The molecule has 0 N–H and O–H groups in total. The van der Waals surface area contributed by atoms with Crippen molar-refractivity contribution in [1.82, 2.24) is 14.8 Å². The molecule has 16 heavy (non-hydrogen) atoms. The average Bonchev–Trinajstić information content (AvgIpc) is 2.61. The minimum absolute atomic E-state index is 0.0851. The van der Waals surface area contributed by atoms with Crippen molar-refractivity contribution in [2.75, 3.05) is 0 Å². The van der Waals surface area contributed by atoms with Crippen LogP contribution < -0.4 is 0 Å². The first-order valence-corrected chi connectivity index (χ1v) is 5.06. The van der Waals surface area contributed by atoms with Gasteiger partial charge in [-0.05, 0) is 13.8 Å². The molecule has 2 aromatic rings. The van der Waals surface area contributed by atoms with Crippen LogP contribution in [0.5, 0.6) is 0 Å². The molecule has 0 amide bonds. The van der Waals surface area contributed by atoms with Crippen molar-refractivity contribution >= 4 is 28.3 Å². The van der Waals surface area contributed by atoms with Gasteiger partial charge in [-0.3, -0.25) is 10.1 Å². The topological polar surface area (TPSA) is 73.8 Å². The Balaban J connectivity index is 2.73. The van der Waals surface area contributed by atoms with Gasteiger partial charge in [0, 0.05) is 6.04 Å². The summed E-state index contributed by atoms with van der Waals surface area (Å²) in [6.07, 6.45) is 2.66. The predicted octanol–water partition coefficient (Wildman–Crippen LogP) is 2.57. The molecule has 0 atom stereocenters. The summed E-state index contributed by atoms with van der Waals surface area (Å²) in [5.41, 5.74) is 0.364. The molecule has 0 saturated heterocycles. The Kier molecular flexibility index (Phi) is 2.51. The third-order valence-corrected chi connectivity index (χ3v) is 2.62. The molecule has 84 valence electrons. The number of pyridine rings is 1. The summed E-state index contributed by atoms with van der Waals surface area (Å²) in [6, 6.07) is 0.127. The van der Waals surface area contributed by atoms with Gasteiger partial charge in [0.2, 0.25) is 0 Å². The quantitative estimate of drug-likeness (QED) is 0.597. The lowest BCUT2D eigenvalue weighted by atomic mass is 10.3. The SMILES string of the molecule is CC(C)n1ncc2c(Cl)c([N+](=O)[O-])cnc21. The summed E-state index contributed by atoms with van der Waals surface area (Å²) in [5, 5.41) is 15.4. The second-order valence-corrected chi connectivity index (χ2v) is 4.01. The molecule has 6 nitrogen and oxygen atoms in total. The molecule has 0 fully saturated rings. The number of hydrogen-bond donors (Lipinski definition) is 0. The maximum Gasteiger partial charge on any atom is 0.306 e. The van der Waals surface area contributed by atoms with E-state index in [0.29, 0.717) is 11.0 Å². The van der Waals surface area contributed by atoms with E-state index in [1.807, 2.05) is 13.8 Å². The van der Waals surface area contributed by atoms with Gasteiger partial charge < -0.3 is 0 Å². The Morgan fingerprint density at radius 1 is 1.50 bits per heavy atom. The maximum atomic E-state index is 10.7. The zero-order chi connectivity index (χ0) is 11.9. The zero-order valence-corrected chi connectivity index (χ0v) is 9.47. The van der Waals surface area contributed by atoms with Crippen LogP contribution in [-0.4, -0.2) is 19.7 Å². The van der Waals surface area contributed by atoms with E-state index in [9.17, 15) is 10.1 Å². The maximum absolute atomic E-state index is 10.7. The van der Waals surface area contributed by atoms with Crippen molar-refractivity contribution in [3.8, 4) is 0 Å². The summed E-state index contributed by atoms with van der Waals surface area (Å²) < 4.78 is 1.67. The van der Waals surface area contributed by atoms with E-state index < -0.39 is 4.92 Å². The molecule has 0 bridgehead atoms. The van der Waals surface area contributed by atoms with Gasteiger partial charge in [0.1, 0.15) is 11.2 Å². The molecule has 2 aromatic heterocycles. The van der Waals surface area contributed by atoms with E-state index >= 15 is 0 Å². The third kappa shape index (κ3) is 1.51. The number of aromatic nitrogens is 3. The first-order valence-electron chi connectivity index (χ1n) is 4.68. The molecular formula is C9H9ClN4O2. The minimum Gasteiger partial charge on any atom is -0.258 e. The highest BCUT2D eigenvalue weighted by atomic mass is 35.5. The number of halogens is 1. The lowest BCUT2D eigenvalue weighted by Crippen LogP contribution is -2.03. The Bertz CT molecular complexity index is 564. The van der Waals surface area contributed by atoms with Gasteiger partial charge in [0.15, 0.2) is 5.65 Å². The predicted molar refractivity (Wildman–Crippen MR) is 59.6 cm³/mol. The minimum atomic E-state index is -0.554. The summed E-state index contributed by atoms with van der Waals surface area (Å²) in [5.74, 6) is 0. The molecule has 0 radical (unpaired) electrons. The number of nitrogens with zero attached hydrogens (tertiary/aromatic N) is 4.